The Balaban J connectivity index is 0.000000227. The summed E-state index contributed by atoms with van der Waals surface area (Å²) in [6, 6.07) is 5.72. The number of halogens is 1. The van der Waals surface area contributed by atoms with E-state index in [4.69, 9.17) is 0 Å². The predicted molar refractivity (Wildman–Crippen MR) is 60.1 cm³/mol. The Morgan fingerprint density at radius 2 is 1.71 bits per heavy atom. The molecule has 2 rings (SSSR count). The number of nitrogens with zero attached hydrogens (tertiary/aromatic N) is 3. The maximum Gasteiger partial charge on any atom is 0.0986 e. The molecule has 2 aromatic rings. The van der Waals surface area contributed by atoms with Gasteiger partial charge in [-0.25, -0.2) is 4.98 Å². The van der Waals surface area contributed by atoms with Gasteiger partial charge in [-0.05, 0) is 12.1 Å². The minimum atomic E-state index is 0. The van der Waals surface area contributed by atoms with E-state index in [9.17, 15) is 0 Å². The third-order valence-electron chi connectivity index (χ3n) is 1.30. The minimum absolute atomic E-state index is 0. The quantitative estimate of drug-likeness (QED) is 0.723. The molecule has 14 heavy (non-hydrogen) atoms. The van der Waals surface area contributed by atoms with Crippen molar-refractivity contribution < 1.29 is 0 Å². The van der Waals surface area contributed by atoms with E-state index in [-0.39, 0.29) is 12.4 Å². The molecule has 0 spiro atoms. The number of imidazole rings is 1. The van der Waals surface area contributed by atoms with Crippen LogP contribution in [0.4, 0.5) is 0 Å². The van der Waals surface area contributed by atoms with Crippen molar-refractivity contribution >= 4 is 18.6 Å². The summed E-state index contributed by atoms with van der Waals surface area (Å²) in [7, 11) is 0. The summed E-state index contributed by atoms with van der Waals surface area (Å²) < 4.78 is 1.78. The molecule has 0 bridgehead atoms. The van der Waals surface area contributed by atoms with Crippen LogP contribution in [-0.4, -0.2) is 14.5 Å². The predicted octanol–water partition coefficient (Wildman–Crippen LogP) is 2.49. The second-order valence-electron chi connectivity index (χ2n) is 2.22. The topological polar surface area (TPSA) is 30.7 Å². The van der Waals surface area contributed by atoms with Crippen LogP contribution >= 0.6 is 12.4 Å². The van der Waals surface area contributed by atoms with Crippen LogP contribution in [0.3, 0.4) is 0 Å². The van der Waals surface area contributed by atoms with Gasteiger partial charge in [-0.2, -0.15) is 0 Å². The fourth-order valence-electron chi connectivity index (χ4n) is 0.690. The van der Waals surface area contributed by atoms with Crippen LogP contribution in [-0.2, 0) is 0 Å². The Kier molecular flexibility index (Phi) is 7.09. The monoisotopic (exact) mass is 209 g/mol. The zero-order valence-corrected chi connectivity index (χ0v) is 8.47. The van der Waals surface area contributed by atoms with E-state index < -0.39 is 0 Å². The van der Waals surface area contributed by atoms with Crippen LogP contribution in [0.5, 0.6) is 0 Å². The van der Waals surface area contributed by atoms with Gasteiger partial charge in [0.2, 0.25) is 0 Å². The largest absolute Gasteiger partial charge is 0.314 e. The lowest BCUT2D eigenvalue weighted by molar-refractivity contribution is 1.14. The van der Waals surface area contributed by atoms with Gasteiger partial charge < -0.3 is 4.57 Å². The highest BCUT2D eigenvalue weighted by Crippen LogP contribution is 1.81. The molecule has 0 fully saturated rings. The number of hydrogen-bond acceptors (Lipinski definition) is 2. The third kappa shape index (κ3) is 5.11. The zero-order chi connectivity index (χ0) is 9.36. The summed E-state index contributed by atoms with van der Waals surface area (Å²) in [5, 5.41) is 0. The summed E-state index contributed by atoms with van der Waals surface area (Å²) in [5.74, 6) is 0. The first-order valence-electron chi connectivity index (χ1n) is 3.88. The number of pyridine rings is 1. The van der Waals surface area contributed by atoms with E-state index in [0.717, 1.165) is 0 Å². The Labute approximate surface area is 89.5 Å². The number of hydrogen-bond donors (Lipinski definition) is 0. The van der Waals surface area contributed by atoms with Crippen molar-refractivity contribution in [2.75, 3.05) is 0 Å². The molecule has 0 saturated heterocycles. The molecule has 0 atom stereocenters. The highest BCUT2D eigenvalue weighted by atomic mass is 35.5. The number of aromatic nitrogens is 3. The first kappa shape index (κ1) is 12.4. The van der Waals surface area contributed by atoms with Crippen LogP contribution < -0.4 is 0 Å². The Bertz CT molecular complexity index is 292. The second kappa shape index (κ2) is 8.01. The lowest BCUT2D eigenvalue weighted by Crippen LogP contribution is -1.73. The standard InChI is InChI=1S/C5H6N2.C5H5N.ClH/c1-2-7-4-3-6-5-7;1-2-4-6-5-3-1;/h2-5H,1H2;1-5H;1H. The normalized spacial score (nSPS) is 7.71. The van der Waals surface area contributed by atoms with Gasteiger partial charge in [0.15, 0.2) is 0 Å². The summed E-state index contributed by atoms with van der Waals surface area (Å²) in [6.07, 6.45) is 10.4. The van der Waals surface area contributed by atoms with Gasteiger partial charge in [0.1, 0.15) is 0 Å². The van der Waals surface area contributed by atoms with E-state index in [1.165, 1.54) is 0 Å². The van der Waals surface area contributed by atoms with E-state index >= 15 is 0 Å². The molecule has 0 unspecified atom stereocenters. The molecule has 0 N–H and O–H groups in total. The van der Waals surface area contributed by atoms with E-state index in [2.05, 4.69) is 16.5 Å². The third-order valence-corrected chi connectivity index (χ3v) is 1.30. The van der Waals surface area contributed by atoms with Gasteiger partial charge in [-0.1, -0.05) is 12.6 Å². The SMILES string of the molecule is C=Cn1ccnc1.Cl.c1ccncc1. The van der Waals surface area contributed by atoms with Gasteiger partial charge >= 0.3 is 0 Å². The lowest BCUT2D eigenvalue weighted by Gasteiger charge is -1.80. The smallest absolute Gasteiger partial charge is 0.0986 e. The highest BCUT2D eigenvalue weighted by Gasteiger charge is 1.73. The molecule has 2 heterocycles. The zero-order valence-electron chi connectivity index (χ0n) is 7.65. The Hall–Kier alpha value is -1.61. The van der Waals surface area contributed by atoms with Gasteiger partial charge in [-0.15, -0.1) is 12.4 Å². The summed E-state index contributed by atoms with van der Waals surface area (Å²) in [4.78, 5) is 7.57. The number of rotatable bonds is 1. The maximum atomic E-state index is 3.78. The first-order chi connectivity index (χ1) is 6.43. The van der Waals surface area contributed by atoms with Crippen LogP contribution in [0.1, 0.15) is 0 Å². The molecule has 2 aromatic heterocycles. The molecule has 0 amide bonds. The van der Waals surface area contributed by atoms with Gasteiger partial charge in [0, 0.05) is 31.0 Å². The average molecular weight is 210 g/mol. The van der Waals surface area contributed by atoms with Crippen molar-refractivity contribution in [2.45, 2.75) is 0 Å². The van der Waals surface area contributed by atoms with E-state index in [1.807, 2.05) is 24.4 Å². The van der Waals surface area contributed by atoms with Crippen molar-refractivity contribution in [3.8, 4) is 0 Å². The molecule has 0 radical (unpaired) electrons. The molecule has 0 aliphatic carbocycles. The first-order valence-corrected chi connectivity index (χ1v) is 3.88. The average Bonchev–Trinajstić information content (AvgIpc) is 2.74. The summed E-state index contributed by atoms with van der Waals surface area (Å²) >= 11 is 0. The van der Waals surface area contributed by atoms with Crippen molar-refractivity contribution in [2.24, 2.45) is 0 Å². The van der Waals surface area contributed by atoms with E-state index in [0.29, 0.717) is 0 Å². The fourth-order valence-corrected chi connectivity index (χ4v) is 0.690. The molecule has 74 valence electrons. The summed E-state index contributed by atoms with van der Waals surface area (Å²) in [5.41, 5.74) is 0. The van der Waals surface area contributed by atoms with Crippen LogP contribution in [0.25, 0.3) is 6.20 Å². The second-order valence-corrected chi connectivity index (χ2v) is 2.22. The Morgan fingerprint density at radius 1 is 1.00 bits per heavy atom. The lowest BCUT2D eigenvalue weighted by atomic mass is 10.5. The maximum absolute atomic E-state index is 3.78. The van der Waals surface area contributed by atoms with Crippen LogP contribution in [0, 0.1) is 0 Å². The van der Waals surface area contributed by atoms with Crippen molar-refractivity contribution in [1.29, 1.82) is 0 Å². The summed E-state index contributed by atoms with van der Waals surface area (Å²) in [6.45, 7) is 3.53. The van der Waals surface area contributed by atoms with Gasteiger partial charge in [0.25, 0.3) is 0 Å². The minimum Gasteiger partial charge on any atom is -0.314 e. The Morgan fingerprint density at radius 3 is 1.93 bits per heavy atom. The molecule has 0 aromatic carbocycles. The van der Waals surface area contributed by atoms with E-state index in [1.54, 1.807) is 35.7 Å². The van der Waals surface area contributed by atoms with Gasteiger partial charge in [-0.3, -0.25) is 4.98 Å². The molecule has 4 heteroatoms. The van der Waals surface area contributed by atoms with Crippen molar-refractivity contribution in [1.82, 2.24) is 14.5 Å². The van der Waals surface area contributed by atoms with Gasteiger partial charge in [0.05, 0.1) is 6.33 Å². The molecular weight excluding hydrogens is 198 g/mol. The van der Waals surface area contributed by atoms with Crippen LogP contribution in [0.2, 0.25) is 0 Å². The molecule has 0 saturated carbocycles. The highest BCUT2D eigenvalue weighted by molar-refractivity contribution is 5.85. The van der Waals surface area contributed by atoms with Crippen molar-refractivity contribution in [3.05, 3.63) is 55.9 Å². The molecule has 0 aliphatic rings. The fraction of sp³-hybridized carbons (Fsp3) is 0. The molecule has 3 nitrogen and oxygen atoms in total. The van der Waals surface area contributed by atoms with Crippen LogP contribution in [0.15, 0.2) is 55.9 Å². The van der Waals surface area contributed by atoms with Crippen molar-refractivity contribution in [3.63, 3.8) is 0 Å². The molecule has 0 aliphatic heterocycles. The molecular formula is C10H12ClN3.